The van der Waals surface area contributed by atoms with Gasteiger partial charge in [0.1, 0.15) is 0 Å². The van der Waals surface area contributed by atoms with Crippen LogP contribution in [-0.4, -0.2) is 9.55 Å². The van der Waals surface area contributed by atoms with Gasteiger partial charge in [-0.2, -0.15) is 0 Å². The summed E-state index contributed by atoms with van der Waals surface area (Å²) in [5.41, 5.74) is 0.680. The van der Waals surface area contributed by atoms with Gasteiger partial charge in [0.15, 0.2) is 0 Å². The average molecular weight is 305 g/mol. The summed E-state index contributed by atoms with van der Waals surface area (Å²) in [5, 5.41) is 4.53. The van der Waals surface area contributed by atoms with E-state index in [0.717, 1.165) is 0 Å². The quantitative estimate of drug-likeness (QED) is 0.793. The van der Waals surface area contributed by atoms with Gasteiger partial charge in [-0.25, -0.2) is 4.98 Å². The van der Waals surface area contributed by atoms with Gasteiger partial charge in [0.2, 0.25) is 5.95 Å². The van der Waals surface area contributed by atoms with Crippen LogP contribution in [0.3, 0.4) is 0 Å². The summed E-state index contributed by atoms with van der Waals surface area (Å²) >= 11 is 18.0. The van der Waals surface area contributed by atoms with Crippen LogP contribution < -0.4 is 5.32 Å². The number of hydrogen-bond acceptors (Lipinski definition) is 2. The molecule has 0 saturated carbocycles. The zero-order valence-electron chi connectivity index (χ0n) is 9.92. The maximum absolute atomic E-state index is 6.11. The van der Waals surface area contributed by atoms with E-state index in [-0.39, 0.29) is 0 Å². The van der Waals surface area contributed by atoms with Crippen molar-refractivity contribution in [2.24, 2.45) is 0 Å². The highest BCUT2D eigenvalue weighted by molar-refractivity contribution is 6.44. The monoisotopic (exact) mass is 303 g/mol. The van der Waals surface area contributed by atoms with Gasteiger partial charge in [0, 0.05) is 18.4 Å². The van der Waals surface area contributed by atoms with E-state index in [2.05, 4.69) is 24.1 Å². The van der Waals surface area contributed by atoms with Gasteiger partial charge in [-0.1, -0.05) is 34.8 Å². The van der Waals surface area contributed by atoms with E-state index < -0.39 is 0 Å². The predicted octanol–water partition coefficient (Wildman–Crippen LogP) is 5.17. The van der Waals surface area contributed by atoms with Gasteiger partial charge < -0.3 is 9.88 Å². The van der Waals surface area contributed by atoms with E-state index in [1.807, 2.05) is 10.8 Å². The Balaban J connectivity index is 2.34. The van der Waals surface area contributed by atoms with Crippen molar-refractivity contribution in [2.45, 2.75) is 19.9 Å². The number of nitrogens with zero attached hydrogens (tertiary/aromatic N) is 2. The van der Waals surface area contributed by atoms with E-state index >= 15 is 0 Å². The fourth-order valence-electron chi connectivity index (χ4n) is 1.57. The van der Waals surface area contributed by atoms with E-state index in [9.17, 15) is 0 Å². The first kappa shape index (κ1) is 13.5. The second-order valence-corrected chi connectivity index (χ2v) is 5.34. The summed E-state index contributed by atoms with van der Waals surface area (Å²) in [6.45, 7) is 4.15. The fourth-order valence-corrected chi connectivity index (χ4v) is 2.16. The zero-order chi connectivity index (χ0) is 13.3. The maximum atomic E-state index is 6.11. The van der Waals surface area contributed by atoms with E-state index in [0.29, 0.717) is 32.7 Å². The third-order valence-corrected chi connectivity index (χ3v) is 3.52. The molecule has 1 aromatic heterocycles. The number of hydrogen-bond donors (Lipinski definition) is 1. The van der Waals surface area contributed by atoms with Crippen LogP contribution >= 0.6 is 34.8 Å². The van der Waals surface area contributed by atoms with Crippen molar-refractivity contribution < 1.29 is 0 Å². The molecule has 0 aliphatic rings. The smallest absolute Gasteiger partial charge is 0.207 e. The molecular formula is C12H12Cl3N3. The van der Waals surface area contributed by atoms with Crippen molar-refractivity contribution in [3.05, 3.63) is 39.6 Å². The van der Waals surface area contributed by atoms with Crippen LogP contribution in [0.15, 0.2) is 24.5 Å². The first-order chi connectivity index (χ1) is 8.49. The van der Waals surface area contributed by atoms with Gasteiger partial charge in [0.05, 0.1) is 20.8 Å². The molecule has 0 amide bonds. The van der Waals surface area contributed by atoms with Crippen molar-refractivity contribution in [3.63, 3.8) is 0 Å². The topological polar surface area (TPSA) is 29.9 Å². The molecule has 0 atom stereocenters. The van der Waals surface area contributed by atoms with Crippen LogP contribution in [-0.2, 0) is 0 Å². The van der Waals surface area contributed by atoms with Crippen LogP contribution in [0.25, 0.3) is 0 Å². The lowest BCUT2D eigenvalue weighted by Crippen LogP contribution is -2.05. The number of halogens is 3. The van der Waals surface area contributed by atoms with Crippen molar-refractivity contribution >= 4 is 46.4 Å². The SMILES string of the molecule is CC(C)n1ccnc1Nc1cc(Cl)c(Cl)cc1Cl. The molecule has 2 aromatic rings. The van der Waals surface area contributed by atoms with Crippen molar-refractivity contribution in [1.82, 2.24) is 9.55 Å². The van der Waals surface area contributed by atoms with Gasteiger partial charge >= 0.3 is 0 Å². The molecule has 96 valence electrons. The normalized spacial score (nSPS) is 11.0. The van der Waals surface area contributed by atoms with E-state index in [1.165, 1.54) is 0 Å². The lowest BCUT2D eigenvalue weighted by molar-refractivity contribution is 0.608. The Morgan fingerprint density at radius 3 is 2.44 bits per heavy atom. The van der Waals surface area contributed by atoms with Crippen LogP contribution in [0.2, 0.25) is 15.1 Å². The van der Waals surface area contributed by atoms with Crippen molar-refractivity contribution in [1.29, 1.82) is 0 Å². The molecule has 0 radical (unpaired) electrons. The Morgan fingerprint density at radius 1 is 1.11 bits per heavy atom. The Morgan fingerprint density at radius 2 is 1.78 bits per heavy atom. The maximum Gasteiger partial charge on any atom is 0.207 e. The number of rotatable bonds is 3. The molecule has 0 aliphatic carbocycles. The molecule has 0 saturated heterocycles. The van der Waals surface area contributed by atoms with Gasteiger partial charge in [-0.05, 0) is 26.0 Å². The molecule has 0 spiro atoms. The molecule has 0 unspecified atom stereocenters. The number of anilines is 2. The summed E-state index contributed by atoms with van der Waals surface area (Å²) in [4.78, 5) is 4.24. The number of imidazole rings is 1. The molecule has 0 bridgehead atoms. The lowest BCUT2D eigenvalue weighted by atomic mass is 10.3. The average Bonchev–Trinajstić information content (AvgIpc) is 2.74. The summed E-state index contributed by atoms with van der Waals surface area (Å²) < 4.78 is 2.00. The number of nitrogens with one attached hydrogen (secondary N) is 1. The summed E-state index contributed by atoms with van der Waals surface area (Å²) in [5.74, 6) is 0.713. The Kier molecular flexibility index (Phi) is 4.05. The predicted molar refractivity (Wildman–Crippen MR) is 77.4 cm³/mol. The van der Waals surface area contributed by atoms with E-state index in [4.69, 9.17) is 34.8 Å². The Labute approximate surface area is 121 Å². The first-order valence-electron chi connectivity index (χ1n) is 5.43. The van der Waals surface area contributed by atoms with Crippen molar-refractivity contribution in [3.8, 4) is 0 Å². The van der Waals surface area contributed by atoms with E-state index in [1.54, 1.807) is 18.3 Å². The number of aromatic nitrogens is 2. The second-order valence-electron chi connectivity index (χ2n) is 4.12. The van der Waals surface area contributed by atoms with Crippen molar-refractivity contribution in [2.75, 3.05) is 5.32 Å². The molecule has 1 aromatic carbocycles. The standard InChI is InChI=1S/C12H12Cl3N3/c1-7(2)18-4-3-16-12(18)17-11-6-9(14)8(13)5-10(11)15/h3-7H,1-2H3,(H,16,17). The van der Waals surface area contributed by atoms with Crippen LogP contribution in [0.1, 0.15) is 19.9 Å². The van der Waals surface area contributed by atoms with Crippen LogP contribution in [0, 0.1) is 0 Å². The largest absolute Gasteiger partial charge is 0.324 e. The molecule has 1 N–H and O–H groups in total. The minimum absolute atomic E-state index is 0.302. The van der Waals surface area contributed by atoms with Crippen LogP contribution in [0.5, 0.6) is 0 Å². The Bertz CT molecular complexity index is 564. The van der Waals surface area contributed by atoms with Gasteiger partial charge in [-0.3, -0.25) is 0 Å². The zero-order valence-corrected chi connectivity index (χ0v) is 12.2. The molecule has 1 heterocycles. The molecule has 0 fully saturated rings. The molecule has 0 aliphatic heterocycles. The highest BCUT2D eigenvalue weighted by atomic mass is 35.5. The molecule has 6 heteroatoms. The third-order valence-electron chi connectivity index (χ3n) is 2.48. The molecular weight excluding hydrogens is 293 g/mol. The second kappa shape index (κ2) is 5.39. The number of benzene rings is 1. The minimum Gasteiger partial charge on any atom is -0.324 e. The lowest BCUT2D eigenvalue weighted by Gasteiger charge is -2.14. The highest BCUT2D eigenvalue weighted by Crippen LogP contribution is 2.33. The molecule has 2 rings (SSSR count). The Hall–Kier alpha value is -0.900. The first-order valence-corrected chi connectivity index (χ1v) is 6.57. The fraction of sp³-hybridized carbons (Fsp3) is 0.250. The van der Waals surface area contributed by atoms with Gasteiger partial charge in [0.25, 0.3) is 0 Å². The summed E-state index contributed by atoms with van der Waals surface area (Å²) in [7, 11) is 0. The van der Waals surface area contributed by atoms with Gasteiger partial charge in [-0.15, -0.1) is 0 Å². The summed E-state index contributed by atoms with van der Waals surface area (Å²) in [6, 6.07) is 3.60. The highest BCUT2D eigenvalue weighted by Gasteiger charge is 2.10. The molecule has 3 nitrogen and oxygen atoms in total. The summed E-state index contributed by atoms with van der Waals surface area (Å²) in [6.07, 6.45) is 3.63. The van der Waals surface area contributed by atoms with Crippen LogP contribution in [0.4, 0.5) is 11.6 Å². The third kappa shape index (κ3) is 2.74. The minimum atomic E-state index is 0.302. The molecule has 18 heavy (non-hydrogen) atoms.